The quantitative estimate of drug-likeness (QED) is 0.0704. The summed E-state index contributed by atoms with van der Waals surface area (Å²) in [6.45, 7) is 3.64. The molecule has 1 aliphatic rings. The molecular formula is C31H30F4N2O5. The molecule has 0 amide bonds. The number of halogens is 4. The number of nitro groups is 1. The Balaban J connectivity index is 1.89. The van der Waals surface area contributed by atoms with E-state index in [0.717, 1.165) is 42.0 Å². The van der Waals surface area contributed by atoms with Gasteiger partial charge in [-0.1, -0.05) is 56.1 Å². The number of alkyl halides is 4. The summed E-state index contributed by atoms with van der Waals surface area (Å²) < 4.78 is 58.2. The van der Waals surface area contributed by atoms with E-state index in [0.29, 0.717) is 18.4 Å². The summed E-state index contributed by atoms with van der Waals surface area (Å²) in [6.07, 6.45) is -0.947. The van der Waals surface area contributed by atoms with E-state index >= 15 is 0 Å². The van der Waals surface area contributed by atoms with Gasteiger partial charge in [0, 0.05) is 35.6 Å². The topological polar surface area (TPSA) is 91.0 Å². The lowest BCUT2D eigenvalue weighted by Crippen LogP contribution is -2.34. The van der Waals surface area contributed by atoms with Crippen molar-refractivity contribution in [3.8, 4) is 16.9 Å². The molecule has 222 valence electrons. The Morgan fingerprint density at radius 2 is 1.62 bits per heavy atom. The zero-order valence-electron chi connectivity index (χ0n) is 23.3. The van der Waals surface area contributed by atoms with Gasteiger partial charge in [-0.3, -0.25) is 10.1 Å². The lowest BCUT2D eigenvalue weighted by molar-refractivity contribution is -0.384. The van der Waals surface area contributed by atoms with Crippen LogP contribution >= 0.6 is 0 Å². The molecule has 0 aliphatic heterocycles. The van der Waals surface area contributed by atoms with E-state index in [1.807, 2.05) is 26.0 Å². The van der Waals surface area contributed by atoms with Crippen molar-refractivity contribution in [3.05, 3.63) is 93.0 Å². The van der Waals surface area contributed by atoms with E-state index < -0.39 is 35.3 Å². The van der Waals surface area contributed by atoms with Gasteiger partial charge in [-0.2, -0.15) is 8.78 Å². The minimum atomic E-state index is -4.39. The minimum absolute atomic E-state index is 0.0119. The third-order valence-electron chi connectivity index (χ3n) is 7.33. The molecule has 0 aromatic heterocycles. The second kappa shape index (κ2) is 12.3. The van der Waals surface area contributed by atoms with Gasteiger partial charge in [0.05, 0.1) is 4.92 Å². The van der Waals surface area contributed by atoms with Crippen molar-refractivity contribution in [2.24, 2.45) is 5.16 Å². The van der Waals surface area contributed by atoms with Crippen LogP contribution in [-0.2, 0) is 15.0 Å². The van der Waals surface area contributed by atoms with Crippen LogP contribution in [0.3, 0.4) is 0 Å². The molecule has 4 rings (SSSR count). The number of hydrogen-bond acceptors (Lipinski definition) is 6. The van der Waals surface area contributed by atoms with Gasteiger partial charge in [0.2, 0.25) is 0 Å². The number of para-hydroxylation sites is 1. The maximum atomic E-state index is 13.7. The normalized spacial score (nSPS) is 14.0. The Kier molecular flexibility index (Phi) is 8.98. The standard InChI is InChI=1S/C31H30F4N2O5/c1-4-14-30(15-5-2)25-16-20(10-12-22(25)23-13-11-21(37(39)40)17-26(23)30)28(36-42-19(3)38)24-8-6-7-9-27(24)41-18-31(34,35)29(32)33/h6-13,16-17,29H,4-5,14-15,18H2,1-3H3/b36-28+. The van der Waals surface area contributed by atoms with Crippen molar-refractivity contribution in [3.63, 3.8) is 0 Å². The van der Waals surface area contributed by atoms with Gasteiger partial charge in [0.15, 0.2) is 6.61 Å². The average molecular weight is 587 g/mol. The summed E-state index contributed by atoms with van der Waals surface area (Å²) in [4.78, 5) is 27.9. The number of oxime groups is 1. The third kappa shape index (κ3) is 5.86. The van der Waals surface area contributed by atoms with Crippen molar-refractivity contribution in [1.82, 2.24) is 0 Å². The van der Waals surface area contributed by atoms with Crippen LogP contribution in [0, 0.1) is 10.1 Å². The maximum Gasteiger partial charge on any atom is 0.340 e. The number of carbonyl (C=O) groups is 1. The SMILES string of the molecule is CCCC1(CCC)c2cc(/C(=N\OC(C)=O)c3ccccc3OCC(F)(F)C(F)F)ccc2-c2ccc([N+](=O)[O-])cc21. The smallest absolute Gasteiger partial charge is 0.340 e. The van der Waals surface area contributed by atoms with Gasteiger partial charge < -0.3 is 9.57 Å². The first kappa shape index (κ1) is 30.7. The lowest BCUT2D eigenvalue weighted by atomic mass is 9.71. The Labute approximate surface area is 240 Å². The second-order valence-corrected chi connectivity index (χ2v) is 10.2. The molecule has 0 saturated heterocycles. The highest BCUT2D eigenvalue weighted by Crippen LogP contribution is 2.54. The van der Waals surface area contributed by atoms with Crippen molar-refractivity contribution >= 4 is 17.4 Å². The molecule has 0 bridgehead atoms. The van der Waals surface area contributed by atoms with E-state index in [1.54, 1.807) is 24.3 Å². The molecule has 0 fully saturated rings. The predicted octanol–water partition coefficient (Wildman–Crippen LogP) is 8.06. The Bertz CT molecular complexity index is 1520. The second-order valence-electron chi connectivity index (χ2n) is 10.2. The van der Waals surface area contributed by atoms with Crippen molar-refractivity contribution in [2.75, 3.05) is 6.61 Å². The van der Waals surface area contributed by atoms with E-state index in [9.17, 15) is 32.5 Å². The number of benzene rings is 3. The van der Waals surface area contributed by atoms with E-state index in [-0.39, 0.29) is 22.7 Å². The number of hydrogen-bond donors (Lipinski definition) is 0. The van der Waals surface area contributed by atoms with Gasteiger partial charge in [0.1, 0.15) is 11.5 Å². The van der Waals surface area contributed by atoms with Crippen LogP contribution in [0.1, 0.15) is 68.7 Å². The molecule has 7 nitrogen and oxygen atoms in total. The Morgan fingerprint density at radius 3 is 2.21 bits per heavy atom. The first-order chi connectivity index (χ1) is 19.9. The Morgan fingerprint density at radius 1 is 1.00 bits per heavy atom. The first-order valence-electron chi connectivity index (χ1n) is 13.5. The molecule has 42 heavy (non-hydrogen) atoms. The molecular weight excluding hydrogens is 556 g/mol. The number of ether oxygens (including phenoxy) is 1. The van der Waals surface area contributed by atoms with Gasteiger partial charge in [-0.05, 0) is 59.4 Å². The highest BCUT2D eigenvalue weighted by molar-refractivity contribution is 6.15. The number of fused-ring (bicyclic) bond motifs is 3. The van der Waals surface area contributed by atoms with Gasteiger partial charge in [-0.15, -0.1) is 0 Å². The van der Waals surface area contributed by atoms with Crippen LogP contribution < -0.4 is 4.74 Å². The molecule has 1 aliphatic carbocycles. The van der Waals surface area contributed by atoms with E-state index in [1.165, 1.54) is 24.3 Å². The molecule has 0 atom stereocenters. The summed E-state index contributed by atoms with van der Waals surface area (Å²) >= 11 is 0. The largest absolute Gasteiger partial charge is 0.486 e. The zero-order chi connectivity index (χ0) is 30.7. The van der Waals surface area contributed by atoms with E-state index in [4.69, 9.17) is 9.57 Å². The van der Waals surface area contributed by atoms with Gasteiger partial charge >= 0.3 is 18.3 Å². The summed E-state index contributed by atoms with van der Waals surface area (Å²) in [5.41, 5.74) is 3.60. The van der Waals surface area contributed by atoms with Crippen LogP contribution in [0.25, 0.3) is 11.1 Å². The maximum absolute atomic E-state index is 13.7. The van der Waals surface area contributed by atoms with Crippen LogP contribution in [0.2, 0.25) is 0 Å². The van der Waals surface area contributed by atoms with Gasteiger partial charge in [-0.25, -0.2) is 13.6 Å². The molecule has 11 heteroatoms. The third-order valence-corrected chi connectivity index (χ3v) is 7.33. The molecule has 0 saturated carbocycles. The van der Waals surface area contributed by atoms with Crippen molar-refractivity contribution < 1.29 is 36.9 Å². The number of carbonyl (C=O) groups excluding carboxylic acids is 1. The van der Waals surface area contributed by atoms with Crippen LogP contribution in [0.5, 0.6) is 5.75 Å². The molecule has 3 aromatic carbocycles. The summed E-state index contributed by atoms with van der Waals surface area (Å²) in [5, 5.41) is 15.7. The number of rotatable bonds is 12. The van der Waals surface area contributed by atoms with Gasteiger partial charge in [0.25, 0.3) is 5.69 Å². The molecule has 0 N–H and O–H groups in total. The minimum Gasteiger partial charge on any atom is -0.486 e. The van der Waals surface area contributed by atoms with Crippen LogP contribution in [0.15, 0.2) is 65.8 Å². The summed E-state index contributed by atoms with van der Waals surface area (Å²) in [7, 11) is 0. The number of non-ortho nitro benzene ring substituents is 1. The lowest BCUT2D eigenvalue weighted by Gasteiger charge is -2.32. The molecule has 0 heterocycles. The molecule has 0 spiro atoms. The first-order valence-corrected chi connectivity index (χ1v) is 13.5. The fourth-order valence-electron chi connectivity index (χ4n) is 5.65. The van der Waals surface area contributed by atoms with Crippen LogP contribution in [-0.4, -0.2) is 35.6 Å². The fourth-order valence-corrected chi connectivity index (χ4v) is 5.65. The highest BCUT2D eigenvalue weighted by atomic mass is 19.3. The summed E-state index contributed by atoms with van der Waals surface area (Å²) in [6, 6.07) is 16.2. The predicted molar refractivity (Wildman–Crippen MR) is 149 cm³/mol. The Hall–Kier alpha value is -4.28. The average Bonchev–Trinajstić information content (AvgIpc) is 3.21. The zero-order valence-corrected chi connectivity index (χ0v) is 23.3. The molecule has 3 aromatic rings. The van der Waals surface area contributed by atoms with Crippen LogP contribution in [0.4, 0.5) is 23.2 Å². The fraction of sp³-hybridized carbons (Fsp3) is 0.355. The van der Waals surface area contributed by atoms with Crippen molar-refractivity contribution in [1.29, 1.82) is 0 Å². The van der Waals surface area contributed by atoms with Crippen molar-refractivity contribution in [2.45, 2.75) is 64.2 Å². The summed E-state index contributed by atoms with van der Waals surface area (Å²) in [5.74, 6) is -5.28. The number of nitrogens with zero attached hydrogens (tertiary/aromatic N) is 2. The monoisotopic (exact) mass is 586 g/mol. The van der Waals surface area contributed by atoms with E-state index in [2.05, 4.69) is 5.16 Å². The highest BCUT2D eigenvalue weighted by Gasteiger charge is 2.44. The molecule has 0 unspecified atom stereocenters. The number of nitro benzene ring substituents is 1. The molecule has 0 radical (unpaired) electrons.